The molecule has 12 nitrogen and oxygen atoms in total. The average molecular weight is 613 g/mol. The van der Waals surface area contributed by atoms with Crippen LogP contribution in [0, 0.1) is 0 Å². The first-order valence-electron chi connectivity index (χ1n) is 13.4. The summed E-state index contributed by atoms with van der Waals surface area (Å²) in [5.74, 6) is -0.238. The molecule has 0 spiro atoms. The third-order valence-corrected chi connectivity index (χ3v) is 7.05. The zero-order chi connectivity index (χ0) is 32.0. The van der Waals surface area contributed by atoms with E-state index in [1.165, 1.54) is 23.2 Å². The fourth-order valence-electron chi connectivity index (χ4n) is 4.68. The number of benzene rings is 2. The Morgan fingerprint density at radius 3 is 2.48 bits per heavy atom. The summed E-state index contributed by atoms with van der Waals surface area (Å²) in [6, 6.07) is 18.9. The number of hydrogen-bond donors (Lipinski definition) is 3. The number of amides is 1. The predicted molar refractivity (Wildman–Crippen MR) is 175 cm³/mol. The molecule has 1 amide bonds. The van der Waals surface area contributed by atoms with E-state index >= 15 is 0 Å². The molecule has 5 aromatic rings. The number of fused-ring (bicyclic) bond motifs is 1. The van der Waals surface area contributed by atoms with Crippen molar-refractivity contribution in [1.82, 2.24) is 19.3 Å². The number of rotatable bonds is 8. The molecule has 0 unspecified atom stereocenters. The quantitative estimate of drug-likeness (QED) is 0.222. The van der Waals surface area contributed by atoms with E-state index in [0.29, 0.717) is 34.4 Å². The molecule has 44 heavy (non-hydrogen) atoms. The summed E-state index contributed by atoms with van der Waals surface area (Å²) in [6.07, 6.45) is 7.77. The number of pyridine rings is 2. The molecule has 0 aliphatic heterocycles. The average Bonchev–Trinajstić information content (AvgIpc) is 3.27. The molecule has 3 aromatic heterocycles. The monoisotopic (exact) mass is 612 g/mol. The molecule has 3 heterocycles. The molecule has 0 atom stereocenters. The van der Waals surface area contributed by atoms with Gasteiger partial charge in [0.2, 0.25) is 10.0 Å². The molecule has 0 bridgehead atoms. The largest absolute Gasteiger partial charge is 0.381 e. The van der Waals surface area contributed by atoms with E-state index in [1.807, 2.05) is 61.5 Å². The van der Waals surface area contributed by atoms with Gasteiger partial charge in [-0.3, -0.25) is 23.9 Å². The molecule has 5 N–H and O–H groups in total. The number of nitrogens with zero attached hydrogens (tertiary/aromatic N) is 5. The summed E-state index contributed by atoms with van der Waals surface area (Å²) in [4.78, 5) is 32.8. The van der Waals surface area contributed by atoms with Gasteiger partial charge in [0.05, 0.1) is 23.5 Å². The number of allylic oxidation sites excluding steroid dienone is 1. The van der Waals surface area contributed by atoms with E-state index in [2.05, 4.69) is 26.4 Å². The molecule has 0 aliphatic rings. The molecule has 2 aromatic carbocycles. The van der Waals surface area contributed by atoms with E-state index < -0.39 is 15.9 Å². The lowest BCUT2D eigenvalue weighted by Crippen LogP contribution is -2.22. The van der Waals surface area contributed by atoms with Gasteiger partial charge in [-0.1, -0.05) is 56.0 Å². The van der Waals surface area contributed by atoms with Crippen LogP contribution < -0.4 is 21.7 Å². The van der Waals surface area contributed by atoms with Crippen LogP contribution in [0.4, 0.5) is 17.3 Å². The molecule has 5 rings (SSSR count). The van der Waals surface area contributed by atoms with Gasteiger partial charge in [0.25, 0.3) is 11.5 Å². The molecule has 0 fully saturated rings. The van der Waals surface area contributed by atoms with E-state index in [4.69, 9.17) is 11.5 Å². The van der Waals surface area contributed by atoms with E-state index in [1.54, 1.807) is 23.9 Å². The van der Waals surface area contributed by atoms with Crippen LogP contribution >= 0.6 is 0 Å². The second kappa shape index (κ2) is 13.2. The Morgan fingerprint density at radius 2 is 1.84 bits per heavy atom. The van der Waals surface area contributed by atoms with Gasteiger partial charge in [-0.05, 0) is 41.6 Å². The molecule has 226 valence electrons. The number of anilines is 2. The molecule has 0 saturated heterocycles. The first kappa shape index (κ1) is 31.4. The zero-order valence-corrected chi connectivity index (χ0v) is 25.2. The number of primary amides is 1. The summed E-state index contributed by atoms with van der Waals surface area (Å²) in [6.45, 7) is 5.48. The van der Waals surface area contributed by atoms with E-state index in [0.717, 1.165) is 23.0 Å². The number of nitrogens with two attached hydrogens (primary N) is 2. The first-order valence-corrected chi connectivity index (χ1v) is 15.3. The van der Waals surface area contributed by atoms with Crippen LogP contribution in [0.15, 0.2) is 95.5 Å². The molecule has 13 heteroatoms. The van der Waals surface area contributed by atoms with Crippen molar-refractivity contribution in [2.45, 2.75) is 13.3 Å². The first-order chi connectivity index (χ1) is 20.9. The van der Waals surface area contributed by atoms with Crippen molar-refractivity contribution < 1.29 is 13.2 Å². The highest BCUT2D eigenvalue weighted by Crippen LogP contribution is 2.29. The van der Waals surface area contributed by atoms with Gasteiger partial charge >= 0.3 is 0 Å². The van der Waals surface area contributed by atoms with Crippen molar-refractivity contribution in [3.63, 3.8) is 0 Å². The number of hydrogen-bond acceptors (Lipinski definition) is 8. The minimum Gasteiger partial charge on any atom is -0.381 e. The van der Waals surface area contributed by atoms with Crippen molar-refractivity contribution in [3.05, 3.63) is 107 Å². The minimum atomic E-state index is -3.43. The number of para-hydroxylation sites is 1. The van der Waals surface area contributed by atoms with Crippen molar-refractivity contribution >= 4 is 50.2 Å². The highest BCUT2D eigenvalue weighted by Gasteiger charge is 2.18. The summed E-state index contributed by atoms with van der Waals surface area (Å²) in [7, 11) is -1.81. The summed E-state index contributed by atoms with van der Waals surface area (Å²) in [5.41, 5.74) is 14.1. The lowest BCUT2D eigenvalue weighted by Gasteiger charge is -2.15. The van der Waals surface area contributed by atoms with Gasteiger partial charge in [-0.2, -0.15) is 5.10 Å². The van der Waals surface area contributed by atoms with Crippen LogP contribution in [0.3, 0.4) is 0 Å². The Hall–Kier alpha value is -5.56. The molecular weight excluding hydrogens is 580 g/mol. The minimum absolute atomic E-state index is 0.0798. The fraction of sp³-hybridized carbons (Fsp3) is 0.129. The Bertz CT molecular complexity index is 2050. The normalized spacial score (nSPS) is 11.2. The Balaban J connectivity index is 0.000000265. The maximum atomic E-state index is 13.6. The maximum Gasteiger partial charge on any atom is 0.263 e. The van der Waals surface area contributed by atoms with Crippen molar-refractivity contribution in [2.24, 2.45) is 17.8 Å². The van der Waals surface area contributed by atoms with Crippen LogP contribution in [0.1, 0.15) is 23.0 Å². The van der Waals surface area contributed by atoms with Gasteiger partial charge in [0.1, 0.15) is 5.56 Å². The Labute approximate surface area is 254 Å². The van der Waals surface area contributed by atoms with Crippen molar-refractivity contribution in [3.8, 4) is 16.8 Å². The third-order valence-electron chi connectivity index (χ3n) is 6.44. The Kier molecular flexibility index (Phi) is 9.39. The topological polar surface area (TPSA) is 180 Å². The molecule has 0 radical (unpaired) electrons. The number of aliphatic imine (C=N–C) groups is 1. The third kappa shape index (κ3) is 6.90. The van der Waals surface area contributed by atoms with Gasteiger partial charge in [0, 0.05) is 36.4 Å². The SMILES string of the molecule is C=C/C=N\c1c(C(N)=O)c(N)nn1C.CCc1cc2cccc(-c3cncc(NS(C)(=O)=O)c3)c2c(=O)n1-c1ccccc1. The number of sulfonamides is 1. The Morgan fingerprint density at radius 1 is 1.11 bits per heavy atom. The van der Waals surface area contributed by atoms with Gasteiger partial charge in [0.15, 0.2) is 11.6 Å². The highest BCUT2D eigenvalue weighted by molar-refractivity contribution is 7.92. The van der Waals surface area contributed by atoms with Crippen LogP contribution in [-0.2, 0) is 23.5 Å². The lowest BCUT2D eigenvalue weighted by molar-refractivity contribution is 0.100. The summed E-state index contributed by atoms with van der Waals surface area (Å²) in [5, 5.41) is 5.23. The molecular formula is C31H32N8O4S. The molecule has 0 aliphatic carbocycles. The van der Waals surface area contributed by atoms with Gasteiger partial charge in [-0.15, -0.1) is 0 Å². The molecule has 0 saturated carbocycles. The van der Waals surface area contributed by atoms with Crippen molar-refractivity contribution in [1.29, 1.82) is 0 Å². The summed E-state index contributed by atoms with van der Waals surface area (Å²) < 4.78 is 28.7. The van der Waals surface area contributed by atoms with Crippen LogP contribution in [0.2, 0.25) is 0 Å². The number of nitrogen functional groups attached to an aromatic ring is 1. The van der Waals surface area contributed by atoms with Crippen molar-refractivity contribution in [2.75, 3.05) is 16.7 Å². The van der Waals surface area contributed by atoms with Crippen LogP contribution in [0.5, 0.6) is 0 Å². The standard InChI is InChI=1S/C23H21N3O3S.C8H11N5O/c1-3-19-13-16-8-7-11-21(17-12-18(15-24-14-17)25-30(2,28)29)22(16)23(27)26(19)20-9-5-4-6-10-20;1-3-4-11-8-5(7(10)14)6(9)12-13(8)2/h4-15,25H,3H2,1-2H3;3-4H,1H2,2H3,(H2,9,12)(H2,10,14)/b;11-4-. The number of aryl methyl sites for hydroxylation is 2. The van der Waals surface area contributed by atoms with Crippen LogP contribution in [-0.4, -0.2) is 46.1 Å². The fourth-order valence-corrected chi connectivity index (χ4v) is 5.22. The number of carbonyl (C=O) groups excluding carboxylic acids is 1. The second-order valence-corrected chi connectivity index (χ2v) is 11.4. The maximum absolute atomic E-state index is 13.6. The lowest BCUT2D eigenvalue weighted by atomic mass is 9.99. The number of nitrogens with one attached hydrogen (secondary N) is 1. The van der Waals surface area contributed by atoms with Gasteiger partial charge < -0.3 is 11.5 Å². The predicted octanol–water partition coefficient (Wildman–Crippen LogP) is 3.98. The van der Waals surface area contributed by atoms with Crippen LogP contribution in [0.25, 0.3) is 27.6 Å². The van der Waals surface area contributed by atoms with E-state index in [9.17, 15) is 18.0 Å². The number of aromatic nitrogens is 4. The van der Waals surface area contributed by atoms with E-state index in [-0.39, 0.29) is 16.9 Å². The van der Waals surface area contributed by atoms with Gasteiger partial charge in [-0.25, -0.2) is 18.1 Å². The summed E-state index contributed by atoms with van der Waals surface area (Å²) >= 11 is 0. The number of carbonyl (C=O) groups is 1. The smallest absolute Gasteiger partial charge is 0.263 e. The zero-order valence-electron chi connectivity index (χ0n) is 24.4. The highest BCUT2D eigenvalue weighted by atomic mass is 32.2. The second-order valence-electron chi connectivity index (χ2n) is 9.66.